The predicted octanol–water partition coefficient (Wildman–Crippen LogP) is -0.153. The second kappa shape index (κ2) is 6.34. The zero-order valence-electron chi connectivity index (χ0n) is 10.7. The van der Waals surface area contributed by atoms with Gasteiger partial charge in [-0.2, -0.15) is 0 Å². The summed E-state index contributed by atoms with van der Waals surface area (Å²) in [6.07, 6.45) is 3.01. The summed E-state index contributed by atoms with van der Waals surface area (Å²) < 4.78 is 1.83. The molecule has 1 rings (SSSR count). The third kappa shape index (κ3) is 4.52. The number of nitrogens with one attached hydrogen (secondary N) is 1. The number of carbonyl (C=O) groups excluding carboxylic acids is 1. The molecule has 6 heteroatoms. The Bertz CT molecular complexity index is 360. The van der Waals surface area contributed by atoms with Crippen LogP contribution >= 0.6 is 0 Å². The molecule has 1 heterocycles. The van der Waals surface area contributed by atoms with E-state index in [0.29, 0.717) is 25.3 Å². The van der Waals surface area contributed by atoms with Crippen LogP contribution in [0.3, 0.4) is 0 Å². The summed E-state index contributed by atoms with van der Waals surface area (Å²) in [6.45, 7) is 4.64. The maximum atomic E-state index is 11.6. The van der Waals surface area contributed by atoms with Gasteiger partial charge in [-0.05, 0) is 12.3 Å². The zero-order chi connectivity index (χ0) is 12.8. The third-order valence-corrected chi connectivity index (χ3v) is 2.52. The third-order valence-electron chi connectivity index (χ3n) is 2.52. The molecular weight excluding hydrogens is 218 g/mol. The summed E-state index contributed by atoms with van der Waals surface area (Å²) in [7, 11) is 1.88. The van der Waals surface area contributed by atoms with Gasteiger partial charge in [-0.25, -0.2) is 0 Å². The summed E-state index contributed by atoms with van der Waals surface area (Å²) in [6, 6.07) is -0.422. The van der Waals surface area contributed by atoms with Crippen molar-refractivity contribution in [2.24, 2.45) is 18.7 Å². The Labute approximate surface area is 102 Å². The van der Waals surface area contributed by atoms with E-state index in [0.717, 1.165) is 5.82 Å². The molecule has 0 radical (unpaired) electrons. The van der Waals surface area contributed by atoms with Gasteiger partial charge in [-0.3, -0.25) is 4.79 Å². The van der Waals surface area contributed by atoms with Crippen molar-refractivity contribution in [2.45, 2.75) is 32.7 Å². The second-order valence-electron chi connectivity index (χ2n) is 4.64. The number of carbonyl (C=O) groups is 1. The van der Waals surface area contributed by atoms with Crippen LogP contribution in [0.4, 0.5) is 0 Å². The maximum absolute atomic E-state index is 11.6. The van der Waals surface area contributed by atoms with Gasteiger partial charge in [0.1, 0.15) is 12.2 Å². The molecule has 3 N–H and O–H groups in total. The van der Waals surface area contributed by atoms with E-state index in [9.17, 15) is 4.79 Å². The molecule has 1 aromatic heterocycles. The molecule has 0 fully saturated rings. The molecule has 96 valence electrons. The van der Waals surface area contributed by atoms with Gasteiger partial charge in [0.05, 0.1) is 6.04 Å². The number of aromatic nitrogens is 3. The van der Waals surface area contributed by atoms with Gasteiger partial charge in [0.2, 0.25) is 5.91 Å². The molecular formula is C11H21N5O. The number of amides is 1. The maximum Gasteiger partial charge on any atom is 0.236 e. The number of hydrogen-bond acceptors (Lipinski definition) is 4. The van der Waals surface area contributed by atoms with Crippen molar-refractivity contribution in [3.05, 3.63) is 12.2 Å². The summed E-state index contributed by atoms with van der Waals surface area (Å²) >= 11 is 0. The molecule has 0 unspecified atom stereocenters. The highest BCUT2D eigenvalue weighted by molar-refractivity contribution is 5.81. The van der Waals surface area contributed by atoms with Crippen molar-refractivity contribution >= 4 is 5.91 Å². The van der Waals surface area contributed by atoms with E-state index in [1.54, 1.807) is 6.33 Å². The zero-order valence-corrected chi connectivity index (χ0v) is 10.7. The summed E-state index contributed by atoms with van der Waals surface area (Å²) in [4.78, 5) is 11.6. The summed E-state index contributed by atoms with van der Waals surface area (Å²) in [5.41, 5.74) is 5.76. The summed E-state index contributed by atoms with van der Waals surface area (Å²) in [5.74, 6) is 1.18. The SMILES string of the molecule is CC(C)C[C@@H](N)C(=O)NCCc1nncn1C. The van der Waals surface area contributed by atoms with Gasteiger partial charge in [-0.1, -0.05) is 13.8 Å². The Morgan fingerprint density at radius 3 is 2.82 bits per heavy atom. The molecule has 0 spiro atoms. The first-order chi connectivity index (χ1) is 8.00. The fraction of sp³-hybridized carbons (Fsp3) is 0.727. The Morgan fingerprint density at radius 2 is 2.29 bits per heavy atom. The van der Waals surface area contributed by atoms with Crippen molar-refractivity contribution < 1.29 is 4.79 Å². The van der Waals surface area contributed by atoms with Crippen molar-refractivity contribution in [2.75, 3.05) is 6.54 Å². The van der Waals surface area contributed by atoms with E-state index < -0.39 is 6.04 Å². The molecule has 1 aromatic rings. The molecule has 0 saturated heterocycles. The molecule has 0 aliphatic carbocycles. The lowest BCUT2D eigenvalue weighted by Crippen LogP contribution is -2.42. The average Bonchev–Trinajstić information content (AvgIpc) is 2.63. The largest absolute Gasteiger partial charge is 0.354 e. The van der Waals surface area contributed by atoms with Crippen LogP contribution in [0.5, 0.6) is 0 Å². The molecule has 6 nitrogen and oxygen atoms in total. The average molecular weight is 239 g/mol. The van der Waals surface area contributed by atoms with Crippen LogP contribution in [0.1, 0.15) is 26.1 Å². The van der Waals surface area contributed by atoms with Gasteiger partial charge in [-0.15, -0.1) is 10.2 Å². The van der Waals surface area contributed by atoms with Gasteiger partial charge in [0.15, 0.2) is 0 Å². The van der Waals surface area contributed by atoms with Crippen molar-refractivity contribution in [1.29, 1.82) is 0 Å². The van der Waals surface area contributed by atoms with Crippen LogP contribution in [0.25, 0.3) is 0 Å². The number of aryl methyl sites for hydroxylation is 1. The highest BCUT2D eigenvalue weighted by atomic mass is 16.2. The van der Waals surface area contributed by atoms with Crippen LogP contribution in [0, 0.1) is 5.92 Å². The molecule has 1 atom stereocenters. The number of rotatable bonds is 6. The van der Waals surface area contributed by atoms with Gasteiger partial charge >= 0.3 is 0 Å². The molecule has 0 aliphatic rings. The lowest BCUT2D eigenvalue weighted by atomic mass is 10.0. The first-order valence-corrected chi connectivity index (χ1v) is 5.87. The minimum absolute atomic E-state index is 0.0964. The fourth-order valence-electron chi connectivity index (χ4n) is 1.58. The fourth-order valence-corrected chi connectivity index (χ4v) is 1.58. The van der Waals surface area contributed by atoms with Crippen LogP contribution in [0.2, 0.25) is 0 Å². The first-order valence-electron chi connectivity index (χ1n) is 5.87. The van der Waals surface area contributed by atoms with E-state index in [1.165, 1.54) is 0 Å². The lowest BCUT2D eigenvalue weighted by Gasteiger charge is -2.13. The van der Waals surface area contributed by atoms with E-state index in [-0.39, 0.29) is 5.91 Å². The Hall–Kier alpha value is -1.43. The van der Waals surface area contributed by atoms with Gasteiger partial charge in [0.25, 0.3) is 0 Å². The van der Waals surface area contributed by atoms with Gasteiger partial charge < -0.3 is 15.6 Å². The monoisotopic (exact) mass is 239 g/mol. The van der Waals surface area contributed by atoms with Crippen molar-refractivity contribution in [1.82, 2.24) is 20.1 Å². The van der Waals surface area contributed by atoms with Crippen LogP contribution in [-0.2, 0) is 18.3 Å². The Balaban J connectivity index is 2.27. The quantitative estimate of drug-likeness (QED) is 0.722. The van der Waals surface area contributed by atoms with E-state index in [1.807, 2.05) is 25.5 Å². The highest BCUT2D eigenvalue weighted by Crippen LogP contribution is 2.02. The topological polar surface area (TPSA) is 85.8 Å². The molecule has 0 aromatic carbocycles. The molecule has 17 heavy (non-hydrogen) atoms. The van der Waals surface area contributed by atoms with Crippen LogP contribution in [-0.4, -0.2) is 33.3 Å². The standard InChI is InChI=1S/C11H21N5O/c1-8(2)6-9(12)11(17)13-5-4-10-15-14-7-16(10)3/h7-9H,4-6,12H2,1-3H3,(H,13,17)/t9-/m1/s1. The van der Waals surface area contributed by atoms with E-state index in [2.05, 4.69) is 15.5 Å². The Kier molecular flexibility index (Phi) is 5.09. The number of nitrogens with zero attached hydrogens (tertiary/aromatic N) is 3. The first kappa shape index (κ1) is 13.6. The van der Waals surface area contributed by atoms with Crippen LogP contribution in [0.15, 0.2) is 6.33 Å². The number of nitrogens with two attached hydrogens (primary N) is 1. The molecule has 0 aliphatic heterocycles. The van der Waals surface area contributed by atoms with Crippen LogP contribution < -0.4 is 11.1 Å². The smallest absolute Gasteiger partial charge is 0.236 e. The minimum atomic E-state index is -0.422. The van der Waals surface area contributed by atoms with E-state index >= 15 is 0 Å². The molecule has 1 amide bonds. The molecule has 0 saturated carbocycles. The number of hydrogen-bond donors (Lipinski definition) is 2. The van der Waals surface area contributed by atoms with Crippen molar-refractivity contribution in [3.8, 4) is 0 Å². The summed E-state index contributed by atoms with van der Waals surface area (Å²) in [5, 5.41) is 10.5. The highest BCUT2D eigenvalue weighted by Gasteiger charge is 2.14. The van der Waals surface area contributed by atoms with E-state index in [4.69, 9.17) is 5.73 Å². The second-order valence-corrected chi connectivity index (χ2v) is 4.64. The van der Waals surface area contributed by atoms with Crippen molar-refractivity contribution in [3.63, 3.8) is 0 Å². The minimum Gasteiger partial charge on any atom is -0.354 e. The van der Waals surface area contributed by atoms with Gasteiger partial charge in [0, 0.05) is 20.0 Å². The normalized spacial score (nSPS) is 12.8. The predicted molar refractivity (Wildman–Crippen MR) is 65.1 cm³/mol. The Morgan fingerprint density at radius 1 is 1.59 bits per heavy atom. The lowest BCUT2D eigenvalue weighted by molar-refractivity contribution is -0.122. The molecule has 0 bridgehead atoms.